The lowest BCUT2D eigenvalue weighted by Crippen LogP contribution is -2.18. The van der Waals surface area contributed by atoms with Crippen molar-refractivity contribution in [1.29, 1.82) is 0 Å². The van der Waals surface area contributed by atoms with Gasteiger partial charge in [-0.25, -0.2) is 0 Å². The highest BCUT2D eigenvalue weighted by molar-refractivity contribution is 9.10. The van der Waals surface area contributed by atoms with Crippen LogP contribution in [0.4, 0.5) is 0 Å². The van der Waals surface area contributed by atoms with E-state index < -0.39 is 0 Å². The Morgan fingerprint density at radius 1 is 1.50 bits per heavy atom. The minimum atomic E-state index is -0.355. The van der Waals surface area contributed by atoms with Gasteiger partial charge in [-0.15, -0.1) is 0 Å². The number of ether oxygens (including phenoxy) is 1. The van der Waals surface area contributed by atoms with Gasteiger partial charge in [0.25, 0.3) is 0 Å². The summed E-state index contributed by atoms with van der Waals surface area (Å²) in [6.45, 7) is 2.29. The van der Waals surface area contributed by atoms with Crippen LogP contribution in [0.1, 0.15) is 24.8 Å². The minimum Gasteiger partial charge on any atom is -0.497 e. The van der Waals surface area contributed by atoms with Gasteiger partial charge >= 0.3 is 0 Å². The second-order valence-electron chi connectivity index (χ2n) is 3.90. The van der Waals surface area contributed by atoms with E-state index in [1.807, 2.05) is 18.2 Å². The molecule has 1 rings (SSSR count). The lowest BCUT2D eigenvalue weighted by atomic mass is 9.93. The van der Waals surface area contributed by atoms with Gasteiger partial charge in [-0.3, -0.25) is 0 Å². The van der Waals surface area contributed by atoms with Crippen LogP contribution >= 0.6 is 15.9 Å². The summed E-state index contributed by atoms with van der Waals surface area (Å²) in [6.07, 6.45) is 0.300. The van der Waals surface area contributed by atoms with Crippen molar-refractivity contribution in [3.8, 4) is 5.75 Å². The van der Waals surface area contributed by atoms with E-state index in [-0.39, 0.29) is 12.0 Å². The molecule has 0 amide bonds. The van der Waals surface area contributed by atoms with E-state index in [4.69, 9.17) is 10.5 Å². The van der Waals surface area contributed by atoms with Gasteiger partial charge in [0.05, 0.1) is 13.2 Å². The molecule has 2 atom stereocenters. The molecule has 2 unspecified atom stereocenters. The topological polar surface area (TPSA) is 55.5 Å². The van der Waals surface area contributed by atoms with E-state index in [0.29, 0.717) is 13.0 Å². The molecule has 0 spiro atoms. The molecule has 0 aromatic heterocycles. The SMILES string of the molecule is COc1ccc(Br)c(C(CN)CC(C)O)c1. The summed E-state index contributed by atoms with van der Waals surface area (Å²) in [5.74, 6) is 0.951. The van der Waals surface area contributed by atoms with Crippen LogP contribution in [0, 0.1) is 0 Å². The van der Waals surface area contributed by atoms with Crippen molar-refractivity contribution in [2.45, 2.75) is 25.4 Å². The zero-order valence-electron chi connectivity index (χ0n) is 9.61. The van der Waals surface area contributed by atoms with Crippen LogP contribution in [0.5, 0.6) is 5.75 Å². The largest absolute Gasteiger partial charge is 0.497 e. The van der Waals surface area contributed by atoms with Crippen LogP contribution < -0.4 is 10.5 Å². The third-order valence-electron chi connectivity index (χ3n) is 2.55. The van der Waals surface area contributed by atoms with Gasteiger partial charge < -0.3 is 15.6 Å². The number of halogens is 1. The summed E-state index contributed by atoms with van der Waals surface area (Å²) in [6, 6.07) is 5.80. The maximum atomic E-state index is 9.43. The van der Waals surface area contributed by atoms with Gasteiger partial charge in [-0.05, 0) is 49.6 Å². The number of nitrogens with two attached hydrogens (primary N) is 1. The Kier molecular flexibility index (Phi) is 5.25. The molecule has 0 bridgehead atoms. The van der Waals surface area contributed by atoms with E-state index in [0.717, 1.165) is 15.8 Å². The average Bonchev–Trinajstić information content (AvgIpc) is 2.26. The van der Waals surface area contributed by atoms with Crippen molar-refractivity contribution in [3.63, 3.8) is 0 Å². The molecule has 3 nitrogen and oxygen atoms in total. The Morgan fingerprint density at radius 2 is 2.19 bits per heavy atom. The van der Waals surface area contributed by atoms with Gasteiger partial charge in [-0.1, -0.05) is 15.9 Å². The second-order valence-corrected chi connectivity index (χ2v) is 4.76. The molecule has 1 aromatic carbocycles. The summed E-state index contributed by atoms with van der Waals surface area (Å²) in [4.78, 5) is 0. The molecule has 0 radical (unpaired) electrons. The fourth-order valence-electron chi connectivity index (χ4n) is 1.72. The Labute approximate surface area is 105 Å². The predicted molar refractivity (Wildman–Crippen MR) is 68.8 cm³/mol. The molecule has 4 heteroatoms. The molecule has 3 N–H and O–H groups in total. The third kappa shape index (κ3) is 3.47. The summed E-state index contributed by atoms with van der Waals surface area (Å²) in [5.41, 5.74) is 6.83. The van der Waals surface area contributed by atoms with Gasteiger partial charge in [-0.2, -0.15) is 0 Å². The second kappa shape index (κ2) is 6.23. The molecular weight excluding hydrogens is 270 g/mol. The number of benzene rings is 1. The maximum absolute atomic E-state index is 9.43. The number of methoxy groups -OCH3 is 1. The van der Waals surface area contributed by atoms with Crippen LogP contribution in [0.3, 0.4) is 0 Å². The Morgan fingerprint density at radius 3 is 2.69 bits per heavy atom. The van der Waals surface area contributed by atoms with Crippen LogP contribution in [-0.2, 0) is 0 Å². The predicted octanol–water partition coefficient (Wildman–Crippen LogP) is 2.27. The molecule has 0 fully saturated rings. The monoisotopic (exact) mass is 287 g/mol. The molecule has 16 heavy (non-hydrogen) atoms. The Balaban J connectivity index is 2.98. The minimum absolute atomic E-state index is 0.143. The summed E-state index contributed by atoms with van der Waals surface area (Å²) in [5, 5.41) is 9.43. The number of aliphatic hydroxyl groups is 1. The van der Waals surface area contributed by atoms with Gasteiger partial charge in [0.2, 0.25) is 0 Å². The number of hydrogen-bond acceptors (Lipinski definition) is 3. The first-order chi connectivity index (χ1) is 7.58. The standard InChI is InChI=1S/C12H18BrNO2/c1-8(15)5-9(7-14)11-6-10(16-2)3-4-12(11)13/h3-4,6,8-9,15H,5,7,14H2,1-2H3. The Bertz CT molecular complexity index is 342. The average molecular weight is 288 g/mol. The first-order valence-electron chi connectivity index (χ1n) is 5.30. The Hall–Kier alpha value is -0.580. The highest BCUT2D eigenvalue weighted by Crippen LogP contribution is 2.31. The van der Waals surface area contributed by atoms with Crippen molar-refractivity contribution >= 4 is 15.9 Å². The molecular formula is C12H18BrNO2. The molecule has 0 aliphatic heterocycles. The van der Waals surface area contributed by atoms with Gasteiger partial charge in [0, 0.05) is 4.47 Å². The highest BCUT2D eigenvalue weighted by atomic mass is 79.9. The molecule has 1 aromatic rings. The zero-order chi connectivity index (χ0) is 12.1. The number of aliphatic hydroxyl groups excluding tert-OH is 1. The quantitative estimate of drug-likeness (QED) is 0.874. The van der Waals surface area contributed by atoms with Crippen LogP contribution in [0.2, 0.25) is 0 Å². The van der Waals surface area contributed by atoms with Crippen LogP contribution in [0.25, 0.3) is 0 Å². The van der Waals surface area contributed by atoms with E-state index in [9.17, 15) is 5.11 Å². The maximum Gasteiger partial charge on any atom is 0.119 e. The van der Waals surface area contributed by atoms with Crippen molar-refractivity contribution in [2.24, 2.45) is 5.73 Å². The first kappa shape index (κ1) is 13.5. The molecule has 0 aliphatic carbocycles. The van der Waals surface area contributed by atoms with Crippen molar-refractivity contribution in [3.05, 3.63) is 28.2 Å². The van der Waals surface area contributed by atoms with Crippen molar-refractivity contribution in [2.75, 3.05) is 13.7 Å². The number of hydrogen-bond donors (Lipinski definition) is 2. The fourth-order valence-corrected chi connectivity index (χ4v) is 2.29. The molecule has 0 saturated heterocycles. The molecule has 0 saturated carbocycles. The smallest absolute Gasteiger partial charge is 0.119 e. The molecule has 0 aliphatic rings. The summed E-state index contributed by atoms with van der Waals surface area (Å²) in [7, 11) is 1.64. The van der Waals surface area contributed by atoms with E-state index in [1.54, 1.807) is 14.0 Å². The van der Waals surface area contributed by atoms with Gasteiger partial charge in [0.15, 0.2) is 0 Å². The van der Waals surface area contributed by atoms with Crippen molar-refractivity contribution < 1.29 is 9.84 Å². The van der Waals surface area contributed by atoms with Crippen LogP contribution in [0.15, 0.2) is 22.7 Å². The molecule has 0 heterocycles. The first-order valence-corrected chi connectivity index (χ1v) is 6.09. The fraction of sp³-hybridized carbons (Fsp3) is 0.500. The lowest BCUT2D eigenvalue weighted by molar-refractivity contribution is 0.175. The number of rotatable bonds is 5. The summed E-state index contributed by atoms with van der Waals surface area (Å²) >= 11 is 3.50. The van der Waals surface area contributed by atoms with Crippen molar-refractivity contribution in [1.82, 2.24) is 0 Å². The van der Waals surface area contributed by atoms with E-state index >= 15 is 0 Å². The van der Waals surface area contributed by atoms with Crippen LogP contribution in [-0.4, -0.2) is 24.9 Å². The lowest BCUT2D eigenvalue weighted by Gasteiger charge is -2.19. The molecule has 90 valence electrons. The highest BCUT2D eigenvalue weighted by Gasteiger charge is 2.16. The van der Waals surface area contributed by atoms with E-state index in [2.05, 4.69) is 15.9 Å². The van der Waals surface area contributed by atoms with Gasteiger partial charge in [0.1, 0.15) is 5.75 Å². The summed E-state index contributed by atoms with van der Waals surface area (Å²) < 4.78 is 6.19. The zero-order valence-corrected chi connectivity index (χ0v) is 11.2. The van der Waals surface area contributed by atoms with E-state index in [1.165, 1.54) is 0 Å². The third-order valence-corrected chi connectivity index (χ3v) is 3.28. The normalized spacial score (nSPS) is 14.6.